The minimum Gasteiger partial charge on any atom is -0.491 e. The van der Waals surface area contributed by atoms with E-state index in [2.05, 4.69) is 10.4 Å². The highest BCUT2D eigenvalue weighted by Crippen LogP contribution is 2.24. The van der Waals surface area contributed by atoms with Gasteiger partial charge in [-0.15, -0.1) is 0 Å². The van der Waals surface area contributed by atoms with E-state index in [4.69, 9.17) is 22.2 Å². The molecule has 20 heavy (non-hydrogen) atoms. The highest BCUT2D eigenvalue weighted by Gasteiger charge is 2.13. The Kier molecular flexibility index (Phi) is 4.95. The number of nitrogens with two attached hydrogens (primary N) is 1. The number of nitrogens with zero attached hydrogens (tertiary/aromatic N) is 1. The van der Waals surface area contributed by atoms with Crippen LogP contribution >= 0.6 is 11.6 Å². The van der Waals surface area contributed by atoms with Crippen molar-refractivity contribution < 1.29 is 4.74 Å². The zero-order valence-corrected chi connectivity index (χ0v) is 12.3. The molecule has 1 aromatic heterocycles. The van der Waals surface area contributed by atoms with Crippen LogP contribution in [-0.4, -0.2) is 11.1 Å². The van der Waals surface area contributed by atoms with Gasteiger partial charge in [-0.2, -0.15) is 0 Å². The van der Waals surface area contributed by atoms with Crippen LogP contribution in [0.3, 0.4) is 0 Å². The summed E-state index contributed by atoms with van der Waals surface area (Å²) in [6.45, 7) is 3.99. The number of ether oxygens (including phenoxy) is 1. The Morgan fingerprint density at radius 3 is 2.40 bits per heavy atom. The van der Waals surface area contributed by atoms with Gasteiger partial charge in [0.05, 0.1) is 12.1 Å². The van der Waals surface area contributed by atoms with Crippen LogP contribution in [0.1, 0.15) is 31.0 Å². The molecule has 0 aliphatic rings. The van der Waals surface area contributed by atoms with E-state index in [9.17, 15) is 0 Å². The molecule has 1 atom stereocenters. The lowest BCUT2D eigenvalue weighted by Gasteiger charge is -2.18. The van der Waals surface area contributed by atoms with E-state index in [1.165, 1.54) is 0 Å². The molecule has 0 aliphatic carbocycles. The normalized spacial score (nSPS) is 12.4. The van der Waals surface area contributed by atoms with Gasteiger partial charge in [-0.05, 0) is 49.2 Å². The van der Waals surface area contributed by atoms with Crippen LogP contribution in [0.2, 0.25) is 5.15 Å². The molecule has 0 radical (unpaired) electrons. The number of nitrogens with one attached hydrogen (secondary N) is 1. The number of hydrogen-bond acceptors (Lipinski definition) is 4. The second-order valence-electron chi connectivity index (χ2n) is 4.75. The van der Waals surface area contributed by atoms with Gasteiger partial charge in [0.15, 0.2) is 0 Å². The summed E-state index contributed by atoms with van der Waals surface area (Å²) in [5.41, 5.74) is 4.79. The number of hydrogen-bond donors (Lipinski definition) is 2. The molecule has 0 saturated heterocycles. The first-order chi connectivity index (χ1) is 9.60. The van der Waals surface area contributed by atoms with E-state index < -0.39 is 0 Å². The fourth-order valence-electron chi connectivity index (χ4n) is 1.99. The third kappa shape index (κ3) is 3.70. The Hall–Kier alpha value is -1.62. The fourth-order valence-corrected chi connectivity index (χ4v) is 2.18. The molecule has 4 nitrogen and oxygen atoms in total. The number of aromatic nitrogens is 1. The summed E-state index contributed by atoms with van der Waals surface area (Å²) >= 11 is 5.92. The summed E-state index contributed by atoms with van der Waals surface area (Å²) in [7, 11) is 0. The molecule has 3 N–H and O–H groups in total. The SMILES string of the molecule is CC(C)Oc1ccc(C(NN)c2ccnc(Cl)c2)cc1. The Morgan fingerprint density at radius 2 is 1.85 bits per heavy atom. The maximum absolute atomic E-state index is 5.92. The lowest BCUT2D eigenvalue weighted by atomic mass is 10.0. The van der Waals surface area contributed by atoms with Crippen molar-refractivity contribution in [2.75, 3.05) is 0 Å². The zero-order valence-electron chi connectivity index (χ0n) is 11.5. The number of hydrazine groups is 1. The first-order valence-electron chi connectivity index (χ1n) is 6.44. The maximum Gasteiger partial charge on any atom is 0.129 e. The van der Waals surface area contributed by atoms with Crippen molar-refractivity contribution in [3.05, 3.63) is 58.9 Å². The average Bonchev–Trinajstić information content (AvgIpc) is 2.41. The predicted octanol–water partition coefficient (Wildman–Crippen LogP) is 3.07. The van der Waals surface area contributed by atoms with E-state index in [0.29, 0.717) is 5.15 Å². The van der Waals surface area contributed by atoms with E-state index in [1.807, 2.05) is 44.2 Å². The number of benzene rings is 1. The van der Waals surface area contributed by atoms with E-state index in [1.54, 1.807) is 12.3 Å². The van der Waals surface area contributed by atoms with Crippen molar-refractivity contribution in [1.82, 2.24) is 10.4 Å². The van der Waals surface area contributed by atoms with Gasteiger partial charge >= 0.3 is 0 Å². The molecule has 0 saturated carbocycles. The van der Waals surface area contributed by atoms with Gasteiger partial charge < -0.3 is 4.74 Å². The lowest BCUT2D eigenvalue weighted by Crippen LogP contribution is -2.28. The quantitative estimate of drug-likeness (QED) is 0.505. The molecular weight excluding hydrogens is 274 g/mol. The highest BCUT2D eigenvalue weighted by atomic mass is 35.5. The van der Waals surface area contributed by atoms with Crippen molar-refractivity contribution in [2.24, 2.45) is 5.84 Å². The highest BCUT2D eigenvalue weighted by molar-refractivity contribution is 6.29. The molecule has 0 amide bonds. The molecule has 0 spiro atoms. The molecule has 106 valence electrons. The van der Waals surface area contributed by atoms with Crippen LogP contribution in [-0.2, 0) is 0 Å². The Labute approximate surface area is 123 Å². The monoisotopic (exact) mass is 291 g/mol. The predicted molar refractivity (Wildman–Crippen MR) is 80.6 cm³/mol. The Balaban J connectivity index is 2.23. The van der Waals surface area contributed by atoms with Crippen LogP contribution in [0.15, 0.2) is 42.6 Å². The molecule has 0 aliphatic heterocycles. The van der Waals surface area contributed by atoms with E-state index in [-0.39, 0.29) is 12.1 Å². The first kappa shape index (κ1) is 14.8. The number of halogens is 1. The Bertz CT molecular complexity index is 557. The third-order valence-corrected chi connectivity index (χ3v) is 3.04. The van der Waals surface area contributed by atoms with Crippen molar-refractivity contribution in [3.8, 4) is 5.75 Å². The number of pyridine rings is 1. The second kappa shape index (κ2) is 6.70. The van der Waals surface area contributed by atoms with Gasteiger partial charge in [0.2, 0.25) is 0 Å². The van der Waals surface area contributed by atoms with Gasteiger partial charge in [0, 0.05) is 6.20 Å². The van der Waals surface area contributed by atoms with Crippen LogP contribution in [0, 0.1) is 0 Å². The van der Waals surface area contributed by atoms with Crippen molar-refractivity contribution in [1.29, 1.82) is 0 Å². The maximum atomic E-state index is 5.92. The third-order valence-electron chi connectivity index (χ3n) is 2.84. The number of rotatable bonds is 5. The van der Waals surface area contributed by atoms with Crippen LogP contribution in [0.5, 0.6) is 5.75 Å². The summed E-state index contributed by atoms with van der Waals surface area (Å²) in [5, 5.41) is 0.447. The van der Waals surface area contributed by atoms with Crippen LogP contribution < -0.4 is 16.0 Å². The molecule has 5 heteroatoms. The van der Waals surface area contributed by atoms with Gasteiger partial charge in [-0.25, -0.2) is 10.4 Å². The standard InChI is InChI=1S/C15H18ClN3O/c1-10(2)20-13-5-3-11(4-6-13)15(19-17)12-7-8-18-14(16)9-12/h3-10,15,19H,17H2,1-2H3. The molecule has 1 unspecified atom stereocenters. The Morgan fingerprint density at radius 1 is 1.15 bits per heavy atom. The smallest absolute Gasteiger partial charge is 0.129 e. The lowest BCUT2D eigenvalue weighted by molar-refractivity contribution is 0.242. The topological polar surface area (TPSA) is 60.2 Å². The van der Waals surface area contributed by atoms with Crippen LogP contribution in [0.25, 0.3) is 0 Å². The van der Waals surface area contributed by atoms with Crippen molar-refractivity contribution >= 4 is 11.6 Å². The minimum absolute atomic E-state index is 0.136. The molecule has 0 fully saturated rings. The largest absolute Gasteiger partial charge is 0.491 e. The molecule has 1 heterocycles. The molecule has 0 bridgehead atoms. The van der Waals surface area contributed by atoms with Gasteiger partial charge in [0.25, 0.3) is 0 Å². The van der Waals surface area contributed by atoms with Gasteiger partial charge in [0.1, 0.15) is 10.9 Å². The zero-order chi connectivity index (χ0) is 14.5. The van der Waals surface area contributed by atoms with Crippen LogP contribution in [0.4, 0.5) is 0 Å². The molecule has 2 rings (SSSR count). The van der Waals surface area contributed by atoms with Gasteiger partial charge in [-0.1, -0.05) is 23.7 Å². The minimum atomic E-state index is -0.136. The molecule has 1 aromatic carbocycles. The molecular formula is C15H18ClN3O. The second-order valence-corrected chi connectivity index (χ2v) is 5.13. The first-order valence-corrected chi connectivity index (χ1v) is 6.82. The summed E-state index contributed by atoms with van der Waals surface area (Å²) in [5.74, 6) is 6.50. The van der Waals surface area contributed by atoms with E-state index in [0.717, 1.165) is 16.9 Å². The summed E-state index contributed by atoms with van der Waals surface area (Å²) in [6.07, 6.45) is 1.82. The van der Waals surface area contributed by atoms with Crippen molar-refractivity contribution in [3.63, 3.8) is 0 Å². The average molecular weight is 292 g/mol. The van der Waals surface area contributed by atoms with E-state index >= 15 is 0 Å². The van der Waals surface area contributed by atoms with Gasteiger partial charge in [-0.3, -0.25) is 5.84 Å². The summed E-state index contributed by atoms with van der Waals surface area (Å²) < 4.78 is 5.62. The molecule has 2 aromatic rings. The summed E-state index contributed by atoms with van der Waals surface area (Å²) in [4.78, 5) is 3.97. The fraction of sp³-hybridized carbons (Fsp3) is 0.267. The summed E-state index contributed by atoms with van der Waals surface area (Å²) in [6, 6.07) is 11.4. The van der Waals surface area contributed by atoms with Crippen molar-refractivity contribution in [2.45, 2.75) is 26.0 Å².